The molecule has 4 heteroatoms. The van der Waals surface area contributed by atoms with Gasteiger partial charge in [0.2, 0.25) is 0 Å². The molecule has 80 valence electrons. The van der Waals surface area contributed by atoms with Crippen LogP contribution < -0.4 is 0 Å². The molecule has 3 nitrogen and oxygen atoms in total. The average Bonchev–Trinajstić information content (AvgIpc) is 2.55. The van der Waals surface area contributed by atoms with Crippen molar-refractivity contribution in [1.29, 1.82) is 0 Å². The number of fused-ring (bicyclic) bond motifs is 1. The fraction of sp³-hybridized carbons (Fsp3) is 0.364. The van der Waals surface area contributed by atoms with Crippen molar-refractivity contribution in [2.45, 2.75) is 25.3 Å². The van der Waals surface area contributed by atoms with E-state index in [-0.39, 0.29) is 5.38 Å². The largest absolute Gasteiger partial charge is 0.441 e. The molecule has 0 radical (unpaired) electrons. The van der Waals surface area contributed by atoms with Crippen molar-refractivity contribution in [3.63, 3.8) is 0 Å². The van der Waals surface area contributed by atoms with Gasteiger partial charge in [0.1, 0.15) is 5.52 Å². The number of rotatable bonds is 2. The highest BCUT2D eigenvalue weighted by Gasteiger charge is 2.15. The van der Waals surface area contributed by atoms with Crippen LogP contribution in [-0.4, -0.2) is 15.5 Å². The van der Waals surface area contributed by atoms with Crippen molar-refractivity contribution in [2.75, 3.05) is 0 Å². The standard InChI is InChI=1S/C11H12ClNO2/c1-6(12)11(14)8-3-4-9-10(5-8)15-7(2)13-9/h3-6,11,14H,1-2H3. The minimum Gasteiger partial charge on any atom is -0.441 e. The summed E-state index contributed by atoms with van der Waals surface area (Å²) >= 11 is 5.82. The van der Waals surface area contributed by atoms with E-state index >= 15 is 0 Å². The van der Waals surface area contributed by atoms with Crippen LogP contribution in [0.2, 0.25) is 0 Å². The summed E-state index contributed by atoms with van der Waals surface area (Å²) in [7, 11) is 0. The third-order valence-corrected chi connectivity index (χ3v) is 2.53. The molecule has 0 aliphatic heterocycles. The van der Waals surface area contributed by atoms with Crippen LogP contribution >= 0.6 is 11.6 Å². The number of hydrogen-bond donors (Lipinski definition) is 1. The molecule has 0 fully saturated rings. The van der Waals surface area contributed by atoms with Gasteiger partial charge in [0.05, 0.1) is 11.5 Å². The third kappa shape index (κ3) is 1.98. The van der Waals surface area contributed by atoms with E-state index in [9.17, 15) is 5.11 Å². The normalized spacial score (nSPS) is 15.5. The van der Waals surface area contributed by atoms with E-state index in [2.05, 4.69) is 4.98 Å². The number of aromatic nitrogens is 1. The number of nitrogens with zero attached hydrogens (tertiary/aromatic N) is 1. The van der Waals surface area contributed by atoms with Crippen LogP contribution in [0, 0.1) is 6.92 Å². The van der Waals surface area contributed by atoms with E-state index in [0.29, 0.717) is 11.5 Å². The van der Waals surface area contributed by atoms with E-state index in [0.717, 1.165) is 11.1 Å². The lowest BCUT2D eigenvalue weighted by atomic mass is 10.1. The van der Waals surface area contributed by atoms with Crippen LogP contribution in [-0.2, 0) is 0 Å². The molecule has 2 aromatic rings. The average molecular weight is 226 g/mol. The molecular weight excluding hydrogens is 214 g/mol. The van der Waals surface area contributed by atoms with E-state index < -0.39 is 6.10 Å². The van der Waals surface area contributed by atoms with Crippen LogP contribution in [0.15, 0.2) is 22.6 Å². The van der Waals surface area contributed by atoms with E-state index in [4.69, 9.17) is 16.0 Å². The SMILES string of the molecule is Cc1nc2ccc(C(O)C(C)Cl)cc2o1. The van der Waals surface area contributed by atoms with Gasteiger partial charge < -0.3 is 9.52 Å². The molecule has 1 N–H and O–H groups in total. The smallest absolute Gasteiger partial charge is 0.192 e. The fourth-order valence-electron chi connectivity index (χ4n) is 1.51. The summed E-state index contributed by atoms with van der Waals surface area (Å²) in [5, 5.41) is 9.44. The minimum absolute atomic E-state index is 0.327. The molecule has 0 bridgehead atoms. The molecule has 2 rings (SSSR count). The van der Waals surface area contributed by atoms with Crippen molar-refractivity contribution in [1.82, 2.24) is 4.98 Å². The van der Waals surface area contributed by atoms with Crippen LogP contribution in [0.5, 0.6) is 0 Å². The Kier molecular flexibility index (Phi) is 2.67. The number of benzene rings is 1. The Balaban J connectivity index is 2.46. The van der Waals surface area contributed by atoms with Crippen LogP contribution in [0.4, 0.5) is 0 Å². The fourth-order valence-corrected chi connectivity index (χ4v) is 1.65. The van der Waals surface area contributed by atoms with E-state index in [1.807, 2.05) is 12.1 Å². The second kappa shape index (κ2) is 3.83. The lowest BCUT2D eigenvalue weighted by Gasteiger charge is -2.12. The minimum atomic E-state index is -0.679. The van der Waals surface area contributed by atoms with Gasteiger partial charge in [0.25, 0.3) is 0 Å². The van der Waals surface area contributed by atoms with Crippen molar-refractivity contribution >= 4 is 22.7 Å². The number of halogens is 1. The zero-order valence-corrected chi connectivity index (χ0v) is 9.32. The topological polar surface area (TPSA) is 46.3 Å². The Labute approximate surface area is 92.7 Å². The number of aryl methyl sites for hydroxylation is 1. The summed E-state index contributed by atoms with van der Waals surface area (Å²) in [6, 6.07) is 5.41. The maximum Gasteiger partial charge on any atom is 0.192 e. The molecule has 2 atom stereocenters. The van der Waals surface area contributed by atoms with Gasteiger partial charge in [0, 0.05) is 6.92 Å². The van der Waals surface area contributed by atoms with Crippen molar-refractivity contribution < 1.29 is 9.52 Å². The maximum atomic E-state index is 9.77. The third-order valence-electron chi connectivity index (χ3n) is 2.30. The molecule has 0 saturated carbocycles. The summed E-state index contributed by atoms with van der Waals surface area (Å²) in [6.45, 7) is 3.54. The lowest BCUT2D eigenvalue weighted by molar-refractivity contribution is 0.177. The molecule has 0 amide bonds. The van der Waals surface area contributed by atoms with Gasteiger partial charge in [-0.3, -0.25) is 0 Å². The van der Waals surface area contributed by atoms with Gasteiger partial charge in [-0.05, 0) is 24.6 Å². The predicted molar refractivity (Wildman–Crippen MR) is 59.0 cm³/mol. The zero-order chi connectivity index (χ0) is 11.0. The summed E-state index contributed by atoms with van der Waals surface area (Å²) in [5.41, 5.74) is 2.23. The molecule has 1 aromatic carbocycles. The monoisotopic (exact) mass is 225 g/mol. The molecule has 1 heterocycles. The van der Waals surface area contributed by atoms with E-state index in [1.165, 1.54) is 0 Å². The highest BCUT2D eigenvalue weighted by Crippen LogP contribution is 2.24. The Morgan fingerprint density at radius 3 is 2.87 bits per heavy atom. The van der Waals surface area contributed by atoms with Gasteiger partial charge in [-0.1, -0.05) is 6.07 Å². The van der Waals surface area contributed by atoms with Crippen LogP contribution in [0.1, 0.15) is 24.5 Å². The van der Waals surface area contributed by atoms with Crippen LogP contribution in [0.25, 0.3) is 11.1 Å². The van der Waals surface area contributed by atoms with Gasteiger partial charge in [0.15, 0.2) is 11.5 Å². The van der Waals surface area contributed by atoms with Gasteiger partial charge >= 0.3 is 0 Å². The number of aliphatic hydroxyl groups excluding tert-OH is 1. The predicted octanol–water partition coefficient (Wildman–Crippen LogP) is 2.80. The number of aliphatic hydroxyl groups is 1. The molecular formula is C11H12ClNO2. The number of alkyl halides is 1. The lowest BCUT2D eigenvalue weighted by Crippen LogP contribution is -2.07. The Bertz CT molecular complexity index is 478. The van der Waals surface area contributed by atoms with Gasteiger partial charge in [-0.15, -0.1) is 11.6 Å². The van der Waals surface area contributed by atoms with Gasteiger partial charge in [-0.25, -0.2) is 4.98 Å². The molecule has 2 unspecified atom stereocenters. The molecule has 0 saturated heterocycles. The number of oxazole rings is 1. The first-order valence-corrected chi connectivity index (χ1v) is 5.21. The van der Waals surface area contributed by atoms with Crippen LogP contribution in [0.3, 0.4) is 0 Å². The first kappa shape index (κ1) is 10.5. The molecule has 0 aliphatic rings. The molecule has 1 aromatic heterocycles. The highest BCUT2D eigenvalue weighted by atomic mass is 35.5. The summed E-state index contributed by atoms with van der Waals surface area (Å²) < 4.78 is 5.37. The Hall–Kier alpha value is -1.06. The summed E-state index contributed by atoms with van der Waals surface area (Å²) in [5.74, 6) is 0.621. The van der Waals surface area contributed by atoms with E-state index in [1.54, 1.807) is 19.9 Å². The maximum absolute atomic E-state index is 9.77. The summed E-state index contributed by atoms with van der Waals surface area (Å²) in [6.07, 6.45) is -0.679. The molecule has 15 heavy (non-hydrogen) atoms. The molecule has 0 aliphatic carbocycles. The van der Waals surface area contributed by atoms with Crippen molar-refractivity contribution in [2.24, 2.45) is 0 Å². The first-order valence-electron chi connectivity index (χ1n) is 4.77. The van der Waals surface area contributed by atoms with Crippen molar-refractivity contribution in [3.8, 4) is 0 Å². The van der Waals surface area contributed by atoms with Crippen molar-refractivity contribution in [3.05, 3.63) is 29.7 Å². The first-order chi connectivity index (χ1) is 7.08. The zero-order valence-electron chi connectivity index (χ0n) is 8.57. The quantitative estimate of drug-likeness (QED) is 0.800. The highest BCUT2D eigenvalue weighted by molar-refractivity contribution is 6.20. The second-order valence-electron chi connectivity index (χ2n) is 3.58. The summed E-state index contributed by atoms with van der Waals surface area (Å²) in [4.78, 5) is 4.18. The molecule has 0 spiro atoms. The van der Waals surface area contributed by atoms with Gasteiger partial charge in [-0.2, -0.15) is 0 Å². The Morgan fingerprint density at radius 1 is 1.47 bits per heavy atom. The second-order valence-corrected chi connectivity index (χ2v) is 4.27. The Morgan fingerprint density at radius 2 is 2.20 bits per heavy atom. The number of hydrogen-bond acceptors (Lipinski definition) is 3.